The lowest BCUT2D eigenvalue weighted by molar-refractivity contribution is -0.138. The number of aromatic amines is 1. The maximum absolute atomic E-state index is 13.7. The largest absolute Gasteiger partial charge is 0.493 e. The number of rotatable bonds is 5. The number of para-hydroxylation sites is 1. The van der Waals surface area contributed by atoms with Gasteiger partial charge < -0.3 is 34.9 Å². The number of likely N-dealkylation sites (tertiary alicyclic amines) is 1. The van der Waals surface area contributed by atoms with E-state index in [1.807, 2.05) is 30.5 Å². The van der Waals surface area contributed by atoms with Crippen molar-refractivity contribution in [1.29, 1.82) is 0 Å². The number of aromatic nitrogens is 3. The summed E-state index contributed by atoms with van der Waals surface area (Å²) in [5.74, 6) is -0.00437. The van der Waals surface area contributed by atoms with E-state index >= 15 is 0 Å². The number of aryl methyl sites for hydroxylation is 2. The van der Waals surface area contributed by atoms with Gasteiger partial charge in [0.15, 0.2) is 11.5 Å². The van der Waals surface area contributed by atoms with Crippen LogP contribution in [0.2, 0.25) is 0 Å². The standard InChI is InChI=1S/C36H43N7O6/c1-41-29(14-17-40-41)36(47)42-18-6-5-15-38-35(46)30-21-26(49-32-20-24(10-12-31(32)48-2)34(45)37-16-7-19-42)23-43(30)33(44)13-11-25-22-39-28-9-4-3-8-27(25)28/h3-4,8-10,12,14,17,20,22,26,30,39H,5-7,11,13,15-16,18-19,21,23H2,1-2H3,(H,37,45)(H,38,46)/t26-,30-/m0/s1. The zero-order valence-electron chi connectivity index (χ0n) is 27.9. The van der Waals surface area contributed by atoms with Crippen LogP contribution >= 0.6 is 0 Å². The summed E-state index contributed by atoms with van der Waals surface area (Å²) in [6.07, 6.45) is 5.93. The van der Waals surface area contributed by atoms with Crippen molar-refractivity contribution in [2.45, 2.75) is 50.7 Å². The lowest BCUT2D eigenvalue weighted by atomic mass is 10.1. The number of hydrogen-bond donors (Lipinski definition) is 3. The fraction of sp³-hybridized carbons (Fsp3) is 0.417. The Morgan fingerprint density at radius 2 is 1.84 bits per heavy atom. The molecule has 4 aromatic rings. The monoisotopic (exact) mass is 669 g/mol. The minimum atomic E-state index is -0.719. The van der Waals surface area contributed by atoms with Gasteiger partial charge in [-0.15, -0.1) is 0 Å². The summed E-state index contributed by atoms with van der Waals surface area (Å²) in [6.45, 7) is 1.90. The van der Waals surface area contributed by atoms with Crippen LogP contribution in [0.25, 0.3) is 10.9 Å². The van der Waals surface area contributed by atoms with E-state index in [9.17, 15) is 19.2 Å². The normalized spacial score (nSPS) is 19.3. The van der Waals surface area contributed by atoms with Gasteiger partial charge in [0.25, 0.3) is 11.8 Å². The molecule has 13 nitrogen and oxygen atoms in total. The third-order valence-corrected chi connectivity index (χ3v) is 9.26. The molecule has 4 bridgehead atoms. The van der Waals surface area contributed by atoms with Gasteiger partial charge in [-0.25, -0.2) is 0 Å². The average molecular weight is 670 g/mol. The van der Waals surface area contributed by atoms with Crippen molar-refractivity contribution in [2.24, 2.45) is 7.05 Å². The highest BCUT2D eigenvalue weighted by Gasteiger charge is 2.40. The molecule has 3 N–H and O–H groups in total. The first-order valence-electron chi connectivity index (χ1n) is 16.8. The van der Waals surface area contributed by atoms with Gasteiger partial charge in [-0.3, -0.25) is 23.9 Å². The SMILES string of the molecule is COc1ccc2cc1O[C@H]1C[C@@H](C(=O)NCCCCN(C(=O)c3ccnn3C)CCCNC2=O)N(C(=O)CCc2c[nH]c3ccccc23)C1. The highest BCUT2D eigenvalue weighted by Crippen LogP contribution is 2.32. The van der Waals surface area contributed by atoms with Crippen LogP contribution in [0.4, 0.5) is 0 Å². The summed E-state index contributed by atoms with van der Waals surface area (Å²) in [5, 5.41) is 11.2. The van der Waals surface area contributed by atoms with Gasteiger partial charge in [-0.05, 0) is 61.6 Å². The first kappa shape index (κ1) is 33.6. The molecule has 1 fully saturated rings. The lowest BCUT2D eigenvalue weighted by Gasteiger charge is -2.24. The Balaban J connectivity index is 1.20. The summed E-state index contributed by atoms with van der Waals surface area (Å²) in [6, 6.07) is 13.9. The van der Waals surface area contributed by atoms with E-state index in [0.29, 0.717) is 74.6 Å². The van der Waals surface area contributed by atoms with E-state index in [1.54, 1.807) is 52.0 Å². The van der Waals surface area contributed by atoms with Gasteiger partial charge in [0.05, 0.1) is 13.7 Å². The van der Waals surface area contributed by atoms with Crippen LogP contribution in [0.3, 0.4) is 0 Å². The highest BCUT2D eigenvalue weighted by atomic mass is 16.5. The van der Waals surface area contributed by atoms with Crippen molar-refractivity contribution in [3.05, 3.63) is 77.7 Å². The van der Waals surface area contributed by atoms with Crippen LogP contribution in [0.5, 0.6) is 11.5 Å². The molecule has 2 aliphatic heterocycles. The molecule has 0 aliphatic carbocycles. The van der Waals surface area contributed by atoms with E-state index in [-0.39, 0.29) is 43.0 Å². The summed E-state index contributed by atoms with van der Waals surface area (Å²) in [4.78, 5) is 60.5. The predicted molar refractivity (Wildman–Crippen MR) is 182 cm³/mol. The molecule has 0 spiro atoms. The van der Waals surface area contributed by atoms with Crippen molar-refractivity contribution in [2.75, 3.05) is 39.8 Å². The number of hydrogen-bond acceptors (Lipinski definition) is 7. The molecule has 0 radical (unpaired) electrons. The summed E-state index contributed by atoms with van der Waals surface area (Å²) < 4.78 is 13.5. The maximum atomic E-state index is 13.7. The van der Waals surface area contributed by atoms with Crippen LogP contribution in [0.1, 0.15) is 58.5 Å². The Morgan fingerprint density at radius 3 is 2.65 bits per heavy atom. The summed E-state index contributed by atoms with van der Waals surface area (Å²) in [7, 11) is 3.25. The Kier molecular flexibility index (Phi) is 10.5. The molecule has 13 heteroatoms. The molecule has 2 atom stereocenters. The molecule has 258 valence electrons. The molecule has 2 aliphatic rings. The van der Waals surface area contributed by atoms with Crippen LogP contribution in [-0.4, -0.2) is 100 Å². The topological polar surface area (TPSA) is 151 Å². The first-order chi connectivity index (χ1) is 23.8. The van der Waals surface area contributed by atoms with E-state index < -0.39 is 12.1 Å². The second kappa shape index (κ2) is 15.3. The van der Waals surface area contributed by atoms with Crippen LogP contribution in [-0.2, 0) is 23.1 Å². The second-order valence-corrected chi connectivity index (χ2v) is 12.5. The zero-order valence-corrected chi connectivity index (χ0v) is 27.9. The minimum Gasteiger partial charge on any atom is -0.493 e. The fourth-order valence-corrected chi connectivity index (χ4v) is 6.61. The van der Waals surface area contributed by atoms with E-state index in [4.69, 9.17) is 9.47 Å². The van der Waals surface area contributed by atoms with E-state index in [0.717, 1.165) is 16.5 Å². The minimum absolute atomic E-state index is 0.136. The number of nitrogens with zero attached hydrogens (tertiary/aromatic N) is 4. The molecule has 4 amide bonds. The van der Waals surface area contributed by atoms with Gasteiger partial charge in [-0.1, -0.05) is 18.2 Å². The molecule has 4 heterocycles. The number of amides is 4. The third-order valence-electron chi connectivity index (χ3n) is 9.26. The highest BCUT2D eigenvalue weighted by molar-refractivity contribution is 5.95. The van der Waals surface area contributed by atoms with Crippen molar-refractivity contribution >= 4 is 34.5 Å². The number of carbonyl (C=O) groups is 4. The van der Waals surface area contributed by atoms with Gasteiger partial charge in [0, 0.05) is 74.9 Å². The summed E-state index contributed by atoms with van der Waals surface area (Å²) in [5.41, 5.74) is 2.92. The molecular weight excluding hydrogens is 626 g/mol. The number of benzene rings is 2. The van der Waals surface area contributed by atoms with Gasteiger partial charge in [0.1, 0.15) is 17.8 Å². The quantitative estimate of drug-likeness (QED) is 0.296. The number of nitrogens with one attached hydrogen (secondary N) is 3. The second-order valence-electron chi connectivity index (χ2n) is 12.5. The number of ether oxygens (including phenoxy) is 2. The molecule has 0 unspecified atom stereocenters. The average Bonchev–Trinajstić information content (AvgIpc) is 3.85. The Hall–Kier alpha value is -5.33. The van der Waals surface area contributed by atoms with E-state index in [2.05, 4.69) is 20.7 Å². The third kappa shape index (κ3) is 7.71. The van der Waals surface area contributed by atoms with Gasteiger partial charge in [-0.2, -0.15) is 5.10 Å². The zero-order chi connectivity index (χ0) is 34.3. The number of H-pyrrole nitrogens is 1. The Bertz CT molecular complexity index is 1820. The molecule has 2 aromatic carbocycles. The maximum Gasteiger partial charge on any atom is 0.272 e. The molecule has 49 heavy (non-hydrogen) atoms. The predicted octanol–water partition coefficient (Wildman–Crippen LogP) is 3.06. The number of methoxy groups -OCH3 is 1. The molecule has 0 saturated carbocycles. The Labute approximate surface area is 284 Å². The van der Waals surface area contributed by atoms with Crippen molar-refractivity contribution < 1.29 is 28.7 Å². The van der Waals surface area contributed by atoms with Crippen LogP contribution in [0.15, 0.2) is 60.9 Å². The van der Waals surface area contributed by atoms with Gasteiger partial charge >= 0.3 is 0 Å². The van der Waals surface area contributed by atoms with E-state index in [1.165, 1.54) is 7.11 Å². The summed E-state index contributed by atoms with van der Waals surface area (Å²) >= 11 is 0. The molecular formula is C36H43N7O6. The van der Waals surface area contributed by atoms with Crippen molar-refractivity contribution in [3.8, 4) is 11.5 Å². The molecule has 1 saturated heterocycles. The van der Waals surface area contributed by atoms with Crippen LogP contribution in [0, 0.1) is 0 Å². The van der Waals surface area contributed by atoms with Crippen molar-refractivity contribution in [1.82, 2.24) is 35.2 Å². The lowest BCUT2D eigenvalue weighted by Crippen LogP contribution is -2.46. The first-order valence-corrected chi connectivity index (χ1v) is 16.8. The van der Waals surface area contributed by atoms with Crippen LogP contribution < -0.4 is 20.1 Å². The Morgan fingerprint density at radius 1 is 1.02 bits per heavy atom. The molecule has 2 aromatic heterocycles. The number of carbonyl (C=O) groups excluding carboxylic acids is 4. The fourth-order valence-electron chi connectivity index (χ4n) is 6.61. The van der Waals surface area contributed by atoms with Gasteiger partial charge in [0.2, 0.25) is 11.8 Å². The number of fused-ring (bicyclic) bond motifs is 5. The molecule has 6 rings (SSSR count). The van der Waals surface area contributed by atoms with Crippen molar-refractivity contribution in [3.63, 3.8) is 0 Å². The smallest absolute Gasteiger partial charge is 0.272 e.